The first-order chi connectivity index (χ1) is 7.65. The molecule has 0 amide bonds. The molecule has 0 saturated carbocycles. The molecule has 0 aliphatic carbocycles. The van der Waals surface area contributed by atoms with Crippen molar-refractivity contribution in [2.75, 3.05) is 7.11 Å². The van der Waals surface area contributed by atoms with Crippen molar-refractivity contribution in [1.82, 2.24) is 5.32 Å². The van der Waals surface area contributed by atoms with Gasteiger partial charge in [0.25, 0.3) is 0 Å². The summed E-state index contributed by atoms with van der Waals surface area (Å²) in [7, 11) is 1.16. The number of esters is 1. The number of rotatable bonds is 6. The summed E-state index contributed by atoms with van der Waals surface area (Å²) < 4.78 is 9.41. The number of aliphatic carboxylic acids is 1. The van der Waals surface area contributed by atoms with E-state index in [1.165, 1.54) is 0 Å². The summed E-state index contributed by atoms with van der Waals surface area (Å²) in [6.07, 6.45) is -1.86. The van der Waals surface area contributed by atoms with Crippen LogP contribution in [-0.4, -0.2) is 47.3 Å². The van der Waals surface area contributed by atoms with E-state index in [0.29, 0.717) is 0 Å². The Balaban J connectivity index is 4.35. The van der Waals surface area contributed by atoms with Gasteiger partial charge in [0.2, 0.25) is 6.41 Å². The molecule has 17 heavy (non-hydrogen) atoms. The molecular formula is C10H19NO6. The van der Waals surface area contributed by atoms with Crippen LogP contribution in [0, 0.1) is 0 Å². The molecule has 7 nitrogen and oxygen atoms in total. The molecule has 0 saturated heterocycles. The lowest BCUT2D eigenvalue weighted by Crippen LogP contribution is -2.48. The number of aliphatic hydroxyl groups is 1. The second kappa shape index (κ2) is 6.53. The molecule has 0 bridgehead atoms. The van der Waals surface area contributed by atoms with Crippen molar-refractivity contribution in [2.45, 2.75) is 45.2 Å². The molecule has 7 heteroatoms. The molecule has 0 radical (unpaired) electrons. The van der Waals surface area contributed by atoms with E-state index in [1.807, 2.05) is 0 Å². The standard InChI is InChI=1S/C10H19NO6/c1-10(2,3)17-9(15)11-6(8(13)14)5-7(12)16-4/h6,9,11,15H,5H2,1-4H3,(H,13,14)/t6-,9+/m0/s1. The lowest BCUT2D eigenvalue weighted by molar-refractivity contribution is -0.190. The molecule has 2 atom stereocenters. The summed E-state index contributed by atoms with van der Waals surface area (Å²) in [6, 6.07) is -1.26. The summed E-state index contributed by atoms with van der Waals surface area (Å²) in [5, 5.41) is 20.5. The highest BCUT2D eigenvalue weighted by Crippen LogP contribution is 2.09. The Morgan fingerprint density at radius 1 is 1.35 bits per heavy atom. The second-order valence-electron chi connectivity index (χ2n) is 4.42. The first-order valence-corrected chi connectivity index (χ1v) is 5.07. The fourth-order valence-corrected chi connectivity index (χ4v) is 1.01. The fraction of sp³-hybridized carbons (Fsp3) is 0.800. The maximum Gasteiger partial charge on any atom is 0.321 e. The molecule has 3 N–H and O–H groups in total. The minimum Gasteiger partial charge on any atom is -0.480 e. The minimum atomic E-state index is -1.47. The van der Waals surface area contributed by atoms with Crippen molar-refractivity contribution < 1.29 is 29.3 Å². The largest absolute Gasteiger partial charge is 0.480 e. The van der Waals surface area contributed by atoms with Gasteiger partial charge in [0, 0.05) is 0 Å². The predicted octanol–water partition coefficient (Wildman–Crippen LogP) is -0.317. The second-order valence-corrected chi connectivity index (χ2v) is 4.42. The van der Waals surface area contributed by atoms with Gasteiger partial charge in [0.1, 0.15) is 6.04 Å². The van der Waals surface area contributed by atoms with E-state index < -0.39 is 36.4 Å². The van der Waals surface area contributed by atoms with Gasteiger partial charge in [0.15, 0.2) is 0 Å². The Labute approximate surface area is 99.7 Å². The van der Waals surface area contributed by atoms with Crippen LogP contribution in [0.2, 0.25) is 0 Å². The average Bonchev–Trinajstić information content (AvgIpc) is 2.13. The van der Waals surface area contributed by atoms with Gasteiger partial charge in [-0.3, -0.25) is 14.9 Å². The number of methoxy groups -OCH3 is 1. The van der Waals surface area contributed by atoms with E-state index in [9.17, 15) is 14.7 Å². The van der Waals surface area contributed by atoms with Crippen LogP contribution in [0.25, 0.3) is 0 Å². The van der Waals surface area contributed by atoms with E-state index in [1.54, 1.807) is 20.8 Å². The zero-order chi connectivity index (χ0) is 13.6. The van der Waals surface area contributed by atoms with Crippen molar-refractivity contribution in [3.8, 4) is 0 Å². The normalized spacial score (nSPS) is 15.1. The van der Waals surface area contributed by atoms with Crippen molar-refractivity contribution >= 4 is 11.9 Å². The average molecular weight is 249 g/mol. The molecule has 100 valence electrons. The van der Waals surface area contributed by atoms with E-state index in [2.05, 4.69) is 10.1 Å². The Morgan fingerprint density at radius 3 is 2.24 bits per heavy atom. The van der Waals surface area contributed by atoms with E-state index in [4.69, 9.17) is 9.84 Å². The zero-order valence-corrected chi connectivity index (χ0v) is 10.4. The van der Waals surface area contributed by atoms with E-state index >= 15 is 0 Å². The van der Waals surface area contributed by atoms with Gasteiger partial charge in [-0.2, -0.15) is 0 Å². The third kappa shape index (κ3) is 7.67. The highest BCUT2D eigenvalue weighted by Gasteiger charge is 2.26. The first kappa shape index (κ1) is 15.8. The summed E-state index contributed by atoms with van der Waals surface area (Å²) >= 11 is 0. The van der Waals surface area contributed by atoms with E-state index in [0.717, 1.165) is 7.11 Å². The summed E-state index contributed by atoms with van der Waals surface area (Å²) in [5.41, 5.74) is -0.638. The maximum absolute atomic E-state index is 10.9. The molecular weight excluding hydrogens is 230 g/mol. The third-order valence-electron chi connectivity index (χ3n) is 1.71. The Hall–Kier alpha value is -1.18. The van der Waals surface area contributed by atoms with Crippen molar-refractivity contribution in [1.29, 1.82) is 0 Å². The van der Waals surface area contributed by atoms with Crippen LogP contribution in [0.1, 0.15) is 27.2 Å². The van der Waals surface area contributed by atoms with Crippen LogP contribution in [0.15, 0.2) is 0 Å². The Kier molecular flexibility index (Phi) is 6.08. The quantitative estimate of drug-likeness (QED) is 0.437. The number of nitrogens with one attached hydrogen (secondary N) is 1. The number of aliphatic hydroxyl groups excluding tert-OH is 1. The molecule has 0 fully saturated rings. The molecule has 0 aliphatic rings. The van der Waals surface area contributed by atoms with Gasteiger partial charge < -0.3 is 19.7 Å². The smallest absolute Gasteiger partial charge is 0.321 e. The number of carbonyl (C=O) groups excluding carboxylic acids is 1. The Bertz CT molecular complexity index is 272. The number of carboxylic acids is 1. The molecule has 0 heterocycles. The number of ether oxygens (including phenoxy) is 2. The third-order valence-corrected chi connectivity index (χ3v) is 1.71. The lowest BCUT2D eigenvalue weighted by Gasteiger charge is -2.26. The maximum atomic E-state index is 10.9. The van der Waals surface area contributed by atoms with Crippen molar-refractivity contribution in [2.24, 2.45) is 0 Å². The highest BCUT2D eigenvalue weighted by molar-refractivity contribution is 5.81. The number of carbonyl (C=O) groups is 2. The molecule has 0 aromatic rings. The van der Waals surface area contributed by atoms with Gasteiger partial charge in [-0.25, -0.2) is 0 Å². The van der Waals surface area contributed by atoms with Gasteiger partial charge >= 0.3 is 11.9 Å². The molecule has 0 unspecified atom stereocenters. The van der Waals surface area contributed by atoms with Crippen molar-refractivity contribution in [3.63, 3.8) is 0 Å². The topological polar surface area (TPSA) is 105 Å². The monoisotopic (exact) mass is 249 g/mol. The zero-order valence-electron chi connectivity index (χ0n) is 10.4. The van der Waals surface area contributed by atoms with Gasteiger partial charge in [-0.15, -0.1) is 0 Å². The molecule has 0 aromatic heterocycles. The first-order valence-electron chi connectivity index (χ1n) is 5.07. The van der Waals surface area contributed by atoms with Crippen LogP contribution < -0.4 is 5.32 Å². The minimum absolute atomic E-state index is 0.392. The van der Waals surface area contributed by atoms with Gasteiger partial charge in [0.05, 0.1) is 19.1 Å². The SMILES string of the molecule is COC(=O)C[C@H](N[C@H](O)OC(C)(C)C)C(=O)O. The van der Waals surface area contributed by atoms with Gasteiger partial charge in [-0.05, 0) is 20.8 Å². The predicted molar refractivity (Wildman–Crippen MR) is 58.0 cm³/mol. The molecule has 0 aliphatic heterocycles. The molecule has 0 aromatic carbocycles. The lowest BCUT2D eigenvalue weighted by atomic mass is 10.2. The van der Waals surface area contributed by atoms with Crippen LogP contribution in [-0.2, 0) is 19.1 Å². The fourth-order valence-electron chi connectivity index (χ4n) is 1.01. The molecule has 0 rings (SSSR count). The van der Waals surface area contributed by atoms with Crippen LogP contribution in [0.4, 0.5) is 0 Å². The van der Waals surface area contributed by atoms with Crippen LogP contribution in [0.3, 0.4) is 0 Å². The summed E-state index contributed by atoms with van der Waals surface area (Å²) in [5.74, 6) is -1.96. The van der Waals surface area contributed by atoms with Gasteiger partial charge in [-0.1, -0.05) is 0 Å². The summed E-state index contributed by atoms with van der Waals surface area (Å²) in [4.78, 5) is 21.8. The number of hydrogen-bond donors (Lipinski definition) is 3. The van der Waals surface area contributed by atoms with Crippen LogP contribution >= 0.6 is 0 Å². The van der Waals surface area contributed by atoms with Crippen molar-refractivity contribution in [3.05, 3.63) is 0 Å². The highest BCUT2D eigenvalue weighted by atomic mass is 16.6. The van der Waals surface area contributed by atoms with E-state index in [-0.39, 0.29) is 0 Å². The summed E-state index contributed by atoms with van der Waals surface area (Å²) in [6.45, 7) is 5.11. The number of carboxylic acid groups (broad SMARTS) is 1. The number of hydrogen-bond acceptors (Lipinski definition) is 6. The molecule has 0 spiro atoms. The Morgan fingerprint density at radius 2 is 1.88 bits per heavy atom. The van der Waals surface area contributed by atoms with Crippen LogP contribution in [0.5, 0.6) is 0 Å².